The van der Waals surface area contributed by atoms with Gasteiger partial charge in [0.25, 0.3) is 0 Å². The minimum Gasteiger partial charge on any atom is -0.462 e. The summed E-state index contributed by atoms with van der Waals surface area (Å²) in [6.07, 6.45) is 56.5. The number of rotatable bonds is 52. The lowest BCUT2D eigenvalue weighted by Gasteiger charge is -2.18. The lowest BCUT2D eigenvalue weighted by molar-refractivity contribution is -0.167. The van der Waals surface area contributed by atoms with E-state index in [1.54, 1.807) is 0 Å². The van der Waals surface area contributed by atoms with Gasteiger partial charge in [-0.15, -0.1) is 0 Å². The fourth-order valence-corrected chi connectivity index (χ4v) is 8.62. The molecule has 0 aliphatic carbocycles. The maximum Gasteiger partial charge on any atom is 0.306 e. The van der Waals surface area contributed by atoms with E-state index in [9.17, 15) is 14.4 Å². The fraction of sp³-hybridized carbons (Fsp3) is 0.946. The molecule has 0 rings (SSSR count). The average Bonchev–Trinajstić information content (AvgIpc) is 3.27. The van der Waals surface area contributed by atoms with Gasteiger partial charge in [-0.25, -0.2) is 0 Å². The quantitative estimate of drug-likeness (QED) is 0.0344. The molecule has 6 heteroatoms. The van der Waals surface area contributed by atoms with Gasteiger partial charge in [-0.1, -0.05) is 284 Å². The lowest BCUT2D eigenvalue weighted by Crippen LogP contribution is -2.30. The predicted octanol–water partition coefficient (Wildman–Crippen LogP) is 18.4. The highest BCUT2D eigenvalue weighted by molar-refractivity contribution is 5.71. The van der Waals surface area contributed by atoms with Crippen molar-refractivity contribution < 1.29 is 28.6 Å². The first kappa shape index (κ1) is 60.4. The number of carbonyl (C=O) groups is 3. The van der Waals surface area contributed by atoms with E-state index in [0.29, 0.717) is 19.3 Å². The summed E-state index contributed by atoms with van der Waals surface area (Å²) >= 11 is 0. The first-order valence-electron chi connectivity index (χ1n) is 28.0. The predicted molar refractivity (Wildman–Crippen MR) is 266 cm³/mol. The van der Waals surface area contributed by atoms with Crippen LogP contribution in [-0.4, -0.2) is 37.2 Å². The van der Waals surface area contributed by atoms with Crippen molar-refractivity contribution in [1.82, 2.24) is 0 Å². The van der Waals surface area contributed by atoms with Crippen molar-refractivity contribution >= 4 is 17.9 Å². The zero-order valence-electron chi connectivity index (χ0n) is 42.2. The maximum atomic E-state index is 12.8. The summed E-state index contributed by atoms with van der Waals surface area (Å²) in [6.45, 7) is 6.70. The summed E-state index contributed by atoms with van der Waals surface area (Å²) in [5, 5.41) is 0. The second-order valence-electron chi connectivity index (χ2n) is 19.2. The van der Waals surface area contributed by atoms with Gasteiger partial charge in [0.1, 0.15) is 13.2 Å². The molecule has 0 radical (unpaired) electrons. The zero-order valence-corrected chi connectivity index (χ0v) is 42.2. The Bertz CT molecular complexity index is 920. The highest BCUT2D eigenvalue weighted by atomic mass is 16.6. The average molecular weight is 877 g/mol. The lowest BCUT2D eigenvalue weighted by atomic mass is 10.0. The highest BCUT2D eigenvalue weighted by Gasteiger charge is 2.19. The zero-order chi connectivity index (χ0) is 45.1. The molecule has 0 bridgehead atoms. The van der Waals surface area contributed by atoms with Crippen molar-refractivity contribution in [2.24, 2.45) is 0 Å². The molecule has 0 aromatic heterocycles. The van der Waals surface area contributed by atoms with Crippen LogP contribution >= 0.6 is 0 Å². The molecule has 0 unspecified atom stereocenters. The molecule has 62 heavy (non-hydrogen) atoms. The van der Waals surface area contributed by atoms with Crippen molar-refractivity contribution in [1.29, 1.82) is 0 Å². The normalized spacial score (nSPS) is 11.9. The van der Waals surface area contributed by atoms with E-state index in [4.69, 9.17) is 14.2 Å². The van der Waals surface area contributed by atoms with Crippen LogP contribution < -0.4 is 0 Å². The summed E-state index contributed by atoms with van der Waals surface area (Å²) in [7, 11) is 0. The van der Waals surface area contributed by atoms with Gasteiger partial charge in [-0.05, 0) is 19.3 Å². The van der Waals surface area contributed by atoms with E-state index >= 15 is 0 Å². The molecule has 0 aliphatic rings. The number of unbranched alkanes of at least 4 members (excludes halogenated alkanes) is 41. The van der Waals surface area contributed by atoms with Gasteiger partial charge in [-0.2, -0.15) is 0 Å². The number of hydrogen-bond donors (Lipinski definition) is 0. The highest BCUT2D eigenvalue weighted by Crippen LogP contribution is 2.17. The first-order valence-corrected chi connectivity index (χ1v) is 28.0. The van der Waals surface area contributed by atoms with Crippen LogP contribution in [0.2, 0.25) is 0 Å². The maximum absolute atomic E-state index is 12.8. The summed E-state index contributed by atoms with van der Waals surface area (Å²) in [5.41, 5.74) is 0. The van der Waals surface area contributed by atoms with Crippen LogP contribution in [0.5, 0.6) is 0 Å². The summed E-state index contributed by atoms with van der Waals surface area (Å²) < 4.78 is 16.9. The van der Waals surface area contributed by atoms with Gasteiger partial charge in [0.05, 0.1) is 0 Å². The topological polar surface area (TPSA) is 78.9 Å². The third-order valence-electron chi connectivity index (χ3n) is 12.9. The number of esters is 3. The third-order valence-corrected chi connectivity index (χ3v) is 12.9. The van der Waals surface area contributed by atoms with Crippen LogP contribution in [0, 0.1) is 0 Å². The molecule has 0 spiro atoms. The molecule has 0 N–H and O–H groups in total. The largest absolute Gasteiger partial charge is 0.462 e. The molecular formula is C56H108O6. The van der Waals surface area contributed by atoms with E-state index in [2.05, 4.69) is 20.8 Å². The Balaban J connectivity index is 4.30. The van der Waals surface area contributed by atoms with E-state index in [0.717, 1.165) is 57.8 Å². The van der Waals surface area contributed by atoms with Gasteiger partial charge in [0.15, 0.2) is 6.10 Å². The van der Waals surface area contributed by atoms with Gasteiger partial charge in [0.2, 0.25) is 0 Å². The molecule has 1 atom stereocenters. The van der Waals surface area contributed by atoms with Crippen molar-refractivity contribution in [3.63, 3.8) is 0 Å². The van der Waals surface area contributed by atoms with E-state index in [1.807, 2.05) is 0 Å². The van der Waals surface area contributed by atoms with Gasteiger partial charge in [-0.3, -0.25) is 14.4 Å². The molecule has 0 saturated carbocycles. The van der Waals surface area contributed by atoms with Gasteiger partial charge in [0, 0.05) is 19.3 Å². The second-order valence-corrected chi connectivity index (χ2v) is 19.2. The SMILES string of the molecule is CCCCCCCCCCCCCCCCCC(=O)OC[C@@H](COC(=O)CCCCCCCCCCCCCCCC)OC(=O)CCCCCCCCCCCCCCCCC. The molecule has 6 nitrogen and oxygen atoms in total. The molecule has 0 saturated heterocycles. The van der Waals surface area contributed by atoms with Crippen LogP contribution in [0.4, 0.5) is 0 Å². The van der Waals surface area contributed by atoms with Crippen LogP contribution in [0.15, 0.2) is 0 Å². The standard InChI is InChI=1S/C56H108O6/c1-4-7-10-13-16-19-22-25-28-31-34-37-40-43-46-49-55(58)61-52-53(51-60-54(57)48-45-42-39-36-33-30-27-24-21-18-15-12-9-6-3)62-56(59)50-47-44-41-38-35-32-29-26-23-20-17-14-11-8-5-2/h53H,4-52H2,1-3H3/t53-/m1/s1. The van der Waals surface area contributed by atoms with Crippen LogP contribution in [-0.2, 0) is 28.6 Å². The van der Waals surface area contributed by atoms with Crippen molar-refractivity contribution in [3.05, 3.63) is 0 Å². The van der Waals surface area contributed by atoms with Crippen molar-refractivity contribution in [2.45, 2.75) is 329 Å². The van der Waals surface area contributed by atoms with Crippen LogP contribution in [0.25, 0.3) is 0 Å². The fourth-order valence-electron chi connectivity index (χ4n) is 8.62. The van der Waals surface area contributed by atoms with E-state index in [-0.39, 0.29) is 31.1 Å². The van der Waals surface area contributed by atoms with Crippen molar-refractivity contribution in [3.8, 4) is 0 Å². The Morgan fingerprint density at radius 3 is 0.645 bits per heavy atom. The molecule has 0 aromatic carbocycles. The minimum atomic E-state index is -0.760. The molecule has 368 valence electrons. The van der Waals surface area contributed by atoms with Gasteiger partial charge < -0.3 is 14.2 Å². The van der Waals surface area contributed by atoms with Crippen LogP contribution in [0.1, 0.15) is 323 Å². The smallest absolute Gasteiger partial charge is 0.306 e. The van der Waals surface area contributed by atoms with Crippen LogP contribution in [0.3, 0.4) is 0 Å². The Kier molecular flexibility index (Phi) is 50.7. The van der Waals surface area contributed by atoms with E-state index < -0.39 is 6.10 Å². The number of hydrogen-bond acceptors (Lipinski definition) is 6. The van der Waals surface area contributed by atoms with E-state index in [1.165, 1.54) is 225 Å². The Morgan fingerprint density at radius 1 is 0.258 bits per heavy atom. The summed E-state index contributed by atoms with van der Waals surface area (Å²) in [6, 6.07) is 0. The Morgan fingerprint density at radius 2 is 0.435 bits per heavy atom. The number of carbonyl (C=O) groups excluding carboxylic acids is 3. The Hall–Kier alpha value is -1.59. The second kappa shape index (κ2) is 52.0. The van der Waals surface area contributed by atoms with Gasteiger partial charge >= 0.3 is 17.9 Å². The molecule has 0 heterocycles. The third kappa shape index (κ3) is 49.4. The summed E-state index contributed by atoms with van der Waals surface area (Å²) in [4.78, 5) is 38.1. The molecule has 0 aliphatic heterocycles. The molecular weight excluding hydrogens is 769 g/mol. The first-order chi connectivity index (χ1) is 30.5. The monoisotopic (exact) mass is 877 g/mol. The molecule has 0 fully saturated rings. The molecule has 0 aromatic rings. The Labute approximate surface area is 387 Å². The summed E-state index contributed by atoms with van der Waals surface area (Å²) in [5.74, 6) is -0.834. The number of ether oxygens (including phenoxy) is 3. The minimum absolute atomic E-state index is 0.0612. The molecule has 0 amide bonds. The van der Waals surface area contributed by atoms with Crippen molar-refractivity contribution in [2.75, 3.05) is 13.2 Å².